The number of amides is 1. The molecule has 1 aliphatic rings. The fraction of sp³-hybridized carbons (Fsp3) is 0.333. The molecule has 3 aromatic heterocycles. The van der Waals surface area contributed by atoms with Crippen LogP contribution >= 0.6 is 0 Å². The number of nitrogens with one attached hydrogen (secondary N) is 2. The van der Waals surface area contributed by atoms with Crippen molar-refractivity contribution in [1.82, 2.24) is 25.4 Å². The molecule has 2 N–H and O–H groups in total. The Labute approximate surface area is 150 Å². The highest BCUT2D eigenvalue weighted by atomic mass is 16.5. The largest absolute Gasteiger partial charge is 0.361 e. The lowest BCUT2D eigenvalue weighted by atomic mass is 10.2. The molecule has 0 bridgehead atoms. The average molecular weight is 352 g/mol. The van der Waals surface area contributed by atoms with Crippen LogP contribution in [0, 0.1) is 6.92 Å². The van der Waals surface area contributed by atoms with E-state index in [0.717, 1.165) is 30.0 Å². The van der Waals surface area contributed by atoms with Crippen LogP contribution in [-0.4, -0.2) is 45.1 Å². The van der Waals surface area contributed by atoms with Gasteiger partial charge in [0.1, 0.15) is 5.76 Å². The Hall–Kier alpha value is -3.16. The summed E-state index contributed by atoms with van der Waals surface area (Å²) in [6.07, 6.45) is 4.69. The zero-order valence-corrected chi connectivity index (χ0v) is 14.5. The summed E-state index contributed by atoms with van der Waals surface area (Å²) in [4.78, 5) is 26.4. The van der Waals surface area contributed by atoms with Gasteiger partial charge in [0.05, 0.1) is 23.5 Å². The number of nitrogens with zero attached hydrogens (tertiary/aromatic N) is 4. The minimum absolute atomic E-state index is 0.0611. The van der Waals surface area contributed by atoms with Gasteiger partial charge in [0, 0.05) is 37.6 Å². The second-order valence-electron chi connectivity index (χ2n) is 6.44. The van der Waals surface area contributed by atoms with Crippen molar-refractivity contribution in [2.45, 2.75) is 25.8 Å². The van der Waals surface area contributed by atoms with E-state index in [1.165, 1.54) is 0 Å². The first-order valence-corrected chi connectivity index (χ1v) is 8.61. The van der Waals surface area contributed by atoms with E-state index in [1.807, 2.05) is 31.3 Å². The number of hydrogen-bond acceptors (Lipinski definition) is 6. The third-order valence-corrected chi connectivity index (χ3v) is 4.36. The normalized spacial score (nSPS) is 16.8. The number of anilines is 1. The maximum Gasteiger partial charge on any atom is 0.228 e. The second kappa shape index (κ2) is 6.99. The lowest BCUT2D eigenvalue weighted by molar-refractivity contribution is -0.121. The lowest BCUT2D eigenvalue weighted by Gasteiger charge is -2.17. The van der Waals surface area contributed by atoms with Crippen molar-refractivity contribution < 1.29 is 9.32 Å². The van der Waals surface area contributed by atoms with Gasteiger partial charge in [0.25, 0.3) is 0 Å². The molecule has 1 fully saturated rings. The molecule has 0 aliphatic carbocycles. The molecular formula is C18H20N6O2. The molecule has 1 unspecified atom stereocenters. The summed E-state index contributed by atoms with van der Waals surface area (Å²) in [6, 6.07) is 7.65. The van der Waals surface area contributed by atoms with E-state index in [4.69, 9.17) is 4.52 Å². The zero-order valence-electron chi connectivity index (χ0n) is 14.5. The Morgan fingerprint density at radius 1 is 1.46 bits per heavy atom. The van der Waals surface area contributed by atoms with Crippen molar-refractivity contribution in [1.29, 1.82) is 0 Å². The van der Waals surface area contributed by atoms with E-state index in [9.17, 15) is 4.79 Å². The van der Waals surface area contributed by atoms with Crippen LogP contribution in [0.4, 0.5) is 5.95 Å². The number of aryl methyl sites for hydroxylation is 1. The topological polar surface area (TPSA) is 99.9 Å². The van der Waals surface area contributed by atoms with Crippen molar-refractivity contribution in [3.05, 3.63) is 48.1 Å². The fourth-order valence-corrected chi connectivity index (χ4v) is 3.14. The maximum atomic E-state index is 12.2. The molecule has 0 saturated carbocycles. The van der Waals surface area contributed by atoms with E-state index in [-0.39, 0.29) is 18.4 Å². The predicted molar refractivity (Wildman–Crippen MR) is 95.5 cm³/mol. The summed E-state index contributed by atoms with van der Waals surface area (Å²) >= 11 is 0. The Bertz CT molecular complexity index is 889. The van der Waals surface area contributed by atoms with Gasteiger partial charge >= 0.3 is 0 Å². The molecule has 3 aromatic rings. The Morgan fingerprint density at radius 3 is 3.15 bits per heavy atom. The van der Waals surface area contributed by atoms with Gasteiger partial charge in [-0.2, -0.15) is 0 Å². The van der Waals surface area contributed by atoms with Gasteiger partial charge in [-0.3, -0.25) is 4.79 Å². The van der Waals surface area contributed by atoms with Gasteiger partial charge in [-0.25, -0.2) is 9.97 Å². The molecule has 1 saturated heterocycles. The van der Waals surface area contributed by atoms with Crippen LogP contribution in [0.5, 0.6) is 0 Å². The Morgan fingerprint density at radius 2 is 2.38 bits per heavy atom. The van der Waals surface area contributed by atoms with Gasteiger partial charge in [-0.15, -0.1) is 0 Å². The number of carbonyl (C=O) groups is 1. The van der Waals surface area contributed by atoms with E-state index >= 15 is 0 Å². The number of H-pyrrole nitrogens is 1. The Kier molecular flexibility index (Phi) is 4.39. The summed E-state index contributed by atoms with van der Waals surface area (Å²) in [5, 5.41) is 6.85. The molecule has 0 aromatic carbocycles. The van der Waals surface area contributed by atoms with Crippen molar-refractivity contribution in [3.8, 4) is 11.4 Å². The predicted octanol–water partition coefficient (Wildman–Crippen LogP) is 1.71. The molecule has 0 spiro atoms. The van der Waals surface area contributed by atoms with Crippen LogP contribution in [0.25, 0.3) is 11.4 Å². The smallest absolute Gasteiger partial charge is 0.228 e. The van der Waals surface area contributed by atoms with Gasteiger partial charge in [0.2, 0.25) is 11.9 Å². The molecule has 4 rings (SSSR count). The minimum Gasteiger partial charge on any atom is -0.361 e. The van der Waals surface area contributed by atoms with Crippen LogP contribution in [-0.2, 0) is 11.2 Å². The maximum absolute atomic E-state index is 12.2. The quantitative estimate of drug-likeness (QED) is 0.725. The summed E-state index contributed by atoms with van der Waals surface area (Å²) in [6.45, 7) is 3.33. The zero-order chi connectivity index (χ0) is 17.9. The number of rotatable bonds is 5. The molecule has 134 valence electrons. The molecule has 1 atom stereocenters. The van der Waals surface area contributed by atoms with E-state index in [2.05, 4.69) is 30.3 Å². The third-order valence-electron chi connectivity index (χ3n) is 4.36. The van der Waals surface area contributed by atoms with Gasteiger partial charge in [-0.05, 0) is 31.5 Å². The minimum atomic E-state index is -0.0611. The molecule has 26 heavy (non-hydrogen) atoms. The summed E-state index contributed by atoms with van der Waals surface area (Å²) in [7, 11) is 0. The number of carbonyl (C=O) groups excluding carboxylic acids is 1. The average Bonchev–Trinajstić information content (AvgIpc) is 3.37. The molecule has 8 heteroatoms. The van der Waals surface area contributed by atoms with Gasteiger partial charge in [0.15, 0.2) is 0 Å². The van der Waals surface area contributed by atoms with Crippen molar-refractivity contribution in [2.24, 2.45) is 0 Å². The Balaban J connectivity index is 1.36. The van der Waals surface area contributed by atoms with Crippen LogP contribution in [0.3, 0.4) is 0 Å². The number of aromatic amines is 1. The first-order chi connectivity index (χ1) is 12.7. The lowest BCUT2D eigenvalue weighted by Crippen LogP contribution is -2.38. The fourth-order valence-electron chi connectivity index (χ4n) is 3.14. The van der Waals surface area contributed by atoms with Gasteiger partial charge in [-0.1, -0.05) is 5.16 Å². The molecule has 8 nitrogen and oxygen atoms in total. The van der Waals surface area contributed by atoms with E-state index < -0.39 is 0 Å². The third kappa shape index (κ3) is 3.58. The highest BCUT2D eigenvalue weighted by molar-refractivity contribution is 5.78. The summed E-state index contributed by atoms with van der Waals surface area (Å²) < 4.78 is 5.09. The summed E-state index contributed by atoms with van der Waals surface area (Å²) in [5.74, 6) is 1.20. The van der Waals surface area contributed by atoms with E-state index in [1.54, 1.807) is 12.3 Å². The standard InChI is InChI=1S/C18H20N6O2/c1-12-9-14(26-23-12)10-17(25)21-13-5-8-24(11-13)18-20-7-4-16(22-18)15-3-2-6-19-15/h2-4,6-7,9,13,19H,5,8,10-11H2,1H3,(H,21,25). The van der Waals surface area contributed by atoms with Crippen LogP contribution in [0.15, 0.2) is 41.2 Å². The van der Waals surface area contributed by atoms with Crippen LogP contribution < -0.4 is 10.2 Å². The van der Waals surface area contributed by atoms with Crippen LogP contribution in [0.1, 0.15) is 17.9 Å². The first kappa shape index (κ1) is 16.3. The number of hydrogen-bond donors (Lipinski definition) is 2. The second-order valence-corrected chi connectivity index (χ2v) is 6.44. The highest BCUT2D eigenvalue weighted by Crippen LogP contribution is 2.20. The molecule has 1 amide bonds. The first-order valence-electron chi connectivity index (χ1n) is 8.61. The number of aromatic nitrogens is 4. The summed E-state index contributed by atoms with van der Waals surface area (Å²) in [5.41, 5.74) is 2.59. The molecular weight excluding hydrogens is 332 g/mol. The monoisotopic (exact) mass is 352 g/mol. The van der Waals surface area contributed by atoms with Crippen molar-refractivity contribution >= 4 is 11.9 Å². The SMILES string of the molecule is Cc1cc(CC(=O)NC2CCN(c3nccc(-c4ccc[nH]4)n3)C2)on1. The van der Waals surface area contributed by atoms with Crippen molar-refractivity contribution in [2.75, 3.05) is 18.0 Å². The molecule has 4 heterocycles. The molecule has 0 radical (unpaired) electrons. The van der Waals surface area contributed by atoms with Crippen molar-refractivity contribution in [3.63, 3.8) is 0 Å². The van der Waals surface area contributed by atoms with Crippen LogP contribution in [0.2, 0.25) is 0 Å². The highest BCUT2D eigenvalue weighted by Gasteiger charge is 2.26. The van der Waals surface area contributed by atoms with E-state index in [0.29, 0.717) is 18.3 Å². The van der Waals surface area contributed by atoms with Gasteiger partial charge < -0.3 is 19.7 Å². The molecule has 1 aliphatic heterocycles.